The van der Waals surface area contributed by atoms with Crippen molar-refractivity contribution in [1.29, 1.82) is 0 Å². The number of aromatic hydroxyl groups is 1. The maximum atomic E-state index is 12.0. The van der Waals surface area contributed by atoms with Crippen LogP contribution in [0.1, 0.15) is 42.5 Å². The van der Waals surface area contributed by atoms with E-state index in [0.29, 0.717) is 12.4 Å². The van der Waals surface area contributed by atoms with Gasteiger partial charge >= 0.3 is 5.97 Å². The fourth-order valence-electron chi connectivity index (χ4n) is 2.23. The fraction of sp³-hybridized carbons (Fsp3) is 0.500. The normalized spacial score (nSPS) is 17.8. The van der Waals surface area contributed by atoms with Crippen molar-refractivity contribution in [2.75, 3.05) is 13.7 Å². The number of phenols is 1. The maximum Gasteiger partial charge on any atom is 0.305 e. The Kier molecular flexibility index (Phi) is 5.77. The van der Waals surface area contributed by atoms with E-state index in [1.807, 2.05) is 0 Å². The van der Waals surface area contributed by atoms with Gasteiger partial charge in [0.25, 0.3) is 0 Å². The summed E-state index contributed by atoms with van der Waals surface area (Å²) in [6.07, 6.45) is 2.55. The number of phenolic OH excluding ortho intramolecular Hbond substituents is 1. The Balaban J connectivity index is 1.96. The maximum absolute atomic E-state index is 12.0. The van der Waals surface area contributed by atoms with Crippen LogP contribution in [0.2, 0.25) is 0 Å². The number of carbonyl (C=O) groups is 2. The zero-order chi connectivity index (χ0) is 15.9. The summed E-state index contributed by atoms with van der Waals surface area (Å²) >= 11 is 0. The Morgan fingerprint density at radius 3 is 2.77 bits per heavy atom. The molecule has 0 amide bonds. The van der Waals surface area contributed by atoms with E-state index in [0.717, 1.165) is 19.3 Å². The van der Waals surface area contributed by atoms with E-state index in [1.54, 1.807) is 6.07 Å². The number of methoxy groups -OCH3 is 1. The molecule has 0 aliphatic carbocycles. The standard InChI is InChI=1S/C16H20O6/c1-20-15(19)8-7-13(17)12-6-5-11(10-14(12)18)22-16-4-2-3-9-21-16/h5-6,10,16,18H,2-4,7-9H2,1H3/t16-/m0/s1. The quantitative estimate of drug-likeness (QED) is 0.642. The molecule has 6 nitrogen and oxygen atoms in total. The Labute approximate surface area is 129 Å². The van der Waals surface area contributed by atoms with Crippen molar-refractivity contribution in [1.82, 2.24) is 0 Å². The summed E-state index contributed by atoms with van der Waals surface area (Å²) in [7, 11) is 1.27. The summed E-state index contributed by atoms with van der Waals surface area (Å²) in [5.74, 6) is -0.484. The number of Topliss-reactive ketones (excluding diaryl/α,β-unsaturated/α-hetero) is 1. The first-order chi connectivity index (χ1) is 10.6. The highest BCUT2D eigenvalue weighted by molar-refractivity contribution is 5.99. The van der Waals surface area contributed by atoms with Gasteiger partial charge in [0.15, 0.2) is 12.1 Å². The molecule has 22 heavy (non-hydrogen) atoms. The lowest BCUT2D eigenvalue weighted by Gasteiger charge is -2.23. The van der Waals surface area contributed by atoms with Gasteiger partial charge < -0.3 is 19.3 Å². The monoisotopic (exact) mass is 308 g/mol. The summed E-state index contributed by atoms with van der Waals surface area (Å²) in [6.45, 7) is 0.667. The topological polar surface area (TPSA) is 82.1 Å². The van der Waals surface area contributed by atoms with Crippen molar-refractivity contribution in [2.24, 2.45) is 0 Å². The molecule has 1 aromatic rings. The van der Waals surface area contributed by atoms with Crippen LogP contribution >= 0.6 is 0 Å². The molecule has 1 aromatic carbocycles. The zero-order valence-electron chi connectivity index (χ0n) is 12.5. The van der Waals surface area contributed by atoms with E-state index >= 15 is 0 Å². The second kappa shape index (κ2) is 7.79. The fourth-order valence-corrected chi connectivity index (χ4v) is 2.23. The predicted octanol–water partition coefficient (Wildman–Crippen LogP) is 2.43. The zero-order valence-corrected chi connectivity index (χ0v) is 12.5. The van der Waals surface area contributed by atoms with E-state index < -0.39 is 5.97 Å². The van der Waals surface area contributed by atoms with E-state index in [9.17, 15) is 14.7 Å². The molecule has 1 fully saturated rings. The number of ether oxygens (including phenoxy) is 3. The van der Waals surface area contributed by atoms with Crippen LogP contribution in [0.5, 0.6) is 11.5 Å². The van der Waals surface area contributed by atoms with Crippen molar-refractivity contribution in [3.63, 3.8) is 0 Å². The Hall–Kier alpha value is -2.08. The molecule has 1 N–H and O–H groups in total. The number of hydrogen-bond donors (Lipinski definition) is 1. The lowest BCUT2D eigenvalue weighted by molar-refractivity contribution is -0.140. The molecule has 0 spiro atoms. The first-order valence-corrected chi connectivity index (χ1v) is 7.31. The number of ketones is 1. The first-order valence-electron chi connectivity index (χ1n) is 7.31. The number of benzene rings is 1. The third kappa shape index (κ3) is 4.46. The average molecular weight is 308 g/mol. The van der Waals surface area contributed by atoms with Gasteiger partial charge in [0, 0.05) is 18.9 Å². The van der Waals surface area contributed by atoms with Gasteiger partial charge in [-0.3, -0.25) is 9.59 Å². The molecule has 1 saturated heterocycles. The Morgan fingerprint density at radius 2 is 2.14 bits per heavy atom. The molecule has 0 unspecified atom stereocenters. The number of esters is 1. The van der Waals surface area contributed by atoms with Crippen molar-refractivity contribution in [3.8, 4) is 11.5 Å². The summed E-state index contributed by atoms with van der Waals surface area (Å²) in [5.41, 5.74) is 0.167. The molecule has 6 heteroatoms. The molecule has 0 aromatic heterocycles. The van der Waals surface area contributed by atoms with Gasteiger partial charge in [0.05, 0.1) is 25.7 Å². The van der Waals surface area contributed by atoms with Gasteiger partial charge in [0.1, 0.15) is 11.5 Å². The van der Waals surface area contributed by atoms with Crippen LogP contribution in [0.15, 0.2) is 18.2 Å². The highest BCUT2D eigenvalue weighted by Gasteiger charge is 2.18. The molecule has 0 saturated carbocycles. The molecule has 0 bridgehead atoms. The van der Waals surface area contributed by atoms with Crippen LogP contribution in [0, 0.1) is 0 Å². The number of hydrogen-bond acceptors (Lipinski definition) is 6. The van der Waals surface area contributed by atoms with Gasteiger partial charge in [-0.15, -0.1) is 0 Å². The van der Waals surface area contributed by atoms with E-state index in [-0.39, 0.29) is 36.2 Å². The van der Waals surface area contributed by atoms with Gasteiger partial charge in [-0.05, 0) is 25.0 Å². The highest BCUT2D eigenvalue weighted by Crippen LogP contribution is 2.27. The summed E-state index contributed by atoms with van der Waals surface area (Å²) in [4.78, 5) is 23.0. The van der Waals surface area contributed by atoms with Crippen LogP contribution in [0.3, 0.4) is 0 Å². The number of rotatable bonds is 6. The minimum atomic E-state index is -0.456. The summed E-state index contributed by atoms with van der Waals surface area (Å²) < 4.78 is 15.6. The highest BCUT2D eigenvalue weighted by atomic mass is 16.7. The largest absolute Gasteiger partial charge is 0.507 e. The van der Waals surface area contributed by atoms with Crippen LogP contribution in [-0.4, -0.2) is 36.9 Å². The van der Waals surface area contributed by atoms with Gasteiger partial charge in [0.2, 0.25) is 0 Å². The minimum Gasteiger partial charge on any atom is -0.507 e. The average Bonchev–Trinajstić information content (AvgIpc) is 2.53. The molecule has 2 rings (SSSR count). The van der Waals surface area contributed by atoms with Crippen molar-refractivity contribution in [3.05, 3.63) is 23.8 Å². The van der Waals surface area contributed by atoms with Crippen molar-refractivity contribution >= 4 is 11.8 Å². The second-order valence-electron chi connectivity index (χ2n) is 5.09. The Morgan fingerprint density at radius 1 is 1.32 bits per heavy atom. The van der Waals surface area contributed by atoms with E-state index in [2.05, 4.69) is 4.74 Å². The molecule has 1 heterocycles. The molecule has 1 atom stereocenters. The predicted molar refractivity (Wildman–Crippen MR) is 77.9 cm³/mol. The van der Waals surface area contributed by atoms with E-state index in [1.165, 1.54) is 19.2 Å². The molecular formula is C16H20O6. The summed E-state index contributed by atoms with van der Waals surface area (Å²) in [6, 6.07) is 4.50. The van der Waals surface area contributed by atoms with Crippen molar-refractivity contribution in [2.45, 2.75) is 38.4 Å². The van der Waals surface area contributed by atoms with Gasteiger partial charge in [-0.2, -0.15) is 0 Å². The van der Waals surface area contributed by atoms with Gasteiger partial charge in [-0.1, -0.05) is 0 Å². The minimum absolute atomic E-state index is 0.00776. The van der Waals surface area contributed by atoms with E-state index in [4.69, 9.17) is 9.47 Å². The lowest BCUT2D eigenvalue weighted by Crippen LogP contribution is -2.24. The van der Waals surface area contributed by atoms with Crippen molar-refractivity contribution < 1.29 is 28.9 Å². The first kappa shape index (κ1) is 16.3. The second-order valence-corrected chi connectivity index (χ2v) is 5.09. The van der Waals surface area contributed by atoms with Gasteiger partial charge in [-0.25, -0.2) is 0 Å². The molecule has 120 valence electrons. The lowest BCUT2D eigenvalue weighted by atomic mass is 10.1. The van der Waals surface area contributed by atoms with Crippen LogP contribution < -0.4 is 4.74 Å². The smallest absolute Gasteiger partial charge is 0.305 e. The third-order valence-corrected chi connectivity index (χ3v) is 3.46. The van der Waals surface area contributed by atoms with Crippen LogP contribution in [0.4, 0.5) is 0 Å². The molecule has 1 aliphatic heterocycles. The van der Waals surface area contributed by atoms with Crippen LogP contribution in [0.25, 0.3) is 0 Å². The third-order valence-electron chi connectivity index (χ3n) is 3.46. The van der Waals surface area contributed by atoms with Crippen LogP contribution in [-0.2, 0) is 14.3 Å². The molecule has 1 aliphatic rings. The number of carbonyl (C=O) groups excluding carboxylic acids is 2. The molecular weight excluding hydrogens is 288 g/mol. The molecule has 0 radical (unpaired) electrons. The SMILES string of the molecule is COC(=O)CCC(=O)c1ccc(O[C@H]2CCCCO2)cc1O. The summed E-state index contributed by atoms with van der Waals surface area (Å²) in [5, 5.41) is 9.96. The Bertz CT molecular complexity index is 533.